The van der Waals surface area contributed by atoms with Crippen LogP contribution in [0.25, 0.3) is 0 Å². The number of benzene rings is 1. The summed E-state index contributed by atoms with van der Waals surface area (Å²) in [5.41, 5.74) is -0.736. The first kappa shape index (κ1) is 20.4. The number of ether oxygens (including phenoxy) is 4. The molecule has 0 aliphatic rings. The fourth-order valence-corrected chi connectivity index (χ4v) is 3.29. The molecule has 0 saturated carbocycles. The van der Waals surface area contributed by atoms with Crippen molar-refractivity contribution in [1.29, 1.82) is 0 Å². The van der Waals surface area contributed by atoms with Crippen LogP contribution in [0.5, 0.6) is 5.75 Å². The minimum absolute atomic E-state index is 0.0225. The average Bonchev–Trinajstić information content (AvgIpc) is 2.59. The van der Waals surface area contributed by atoms with E-state index >= 15 is 0 Å². The smallest absolute Gasteiger partial charge is 0.337 e. The SMILES string of the molecule is COCC(C)(CNS(=O)(=O)c1cc(C(=O)OC)ccc1OC)OC. The second-order valence-electron chi connectivity index (χ2n) is 5.27. The van der Waals surface area contributed by atoms with Crippen LogP contribution in [0.3, 0.4) is 0 Å². The Morgan fingerprint density at radius 2 is 1.88 bits per heavy atom. The quantitative estimate of drug-likeness (QED) is 0.650. The molecule has 136 valence electrons. The Hall–Kier alpha value is -1.68. The van der Waals surface area contributed by atoms with Gasteiger partial charge in [-0.15, -0.1) is 0 Å². The third kappa shape index (κ3) is 4.91. The van der Waals surface area contributed by atoms with Gasteiger partial charge in [0.05, 0.1) is 26.4 Å². The topological polar surface area (TPSA) is 100 Å². The van der Waals surface area contributed by atoms with Crippen LogP contribution in [0, 0.1) is 0 Å². The number of rotatable bonds is 9. The van der Waals surface area contributed by atoms with E-state index < -0.39 is 21.6 Å². The molecule has 1 aromatic carbocycles. The Morgan fingerprint density at radius 1 is 1.21 bits per heavy atom. The van der Waals surface area contributed by atoms with Crippen molar-refractivity contribution in [2.45, 2.75) is 17.4 Å². The molecule has 0 heterocycles. The van der Waals surface area contributed by atoms with Crippen LogP contribution < -0.4 is 9.46 Å². The molecule has 1 rings (SSSR count). The van der Waals surface area contributed by atoms with Gasteiger partial charge in [-0.25, -0.2) is 17.9 Å². The lowest BCUT2D eigenvalue weighted by Gasteiger charge is -2.27. The van der Waals surface area contributed by atoms with E-state index in [-0.39, 0.29) is 29.4 Å². The predicted octanol–water partition coefficient (Wildman–Crippen LogP) is 0.812. The monoisotopic (exact) mass is 361 g/mol. The van der Waals surface area contributed by atoms with Crippen molar-refractivity contribution in [3.8, 4) is 5.75 Å². The Bertz CT molecular complexity index is 674. The average molecular weight is 361 g/mol. The number of sulfonamides is 1. The van der Waals surface area contributed by atoms with Crippen LogP contribution in [-0.4, -0.2) is 61.6 Å². The highest BCUT2D eigenvalue weighted by Gasteiger charge is 2.28. The molecule has 0 radical (unpaired) electrons. The van der Waals surface area contributed by atoms with Gasteiger partial charge >= 0.3 is 5.97 Å². The lowest BCUT2D eigenvalue weighted by Crippen LogP contribution is -2.45. The molecule has 0 fully saturated rings. The summed E-state index contributed by atoms with van der Waals surface area (Å²) < 4.78 is 47.7. The summed E-state index contributed by atoms with van der Waals surface area (Å²) in [5.74, 6) is -0.531. The van der Waals surface area contributed by atoms with Gasteiger partial charge in [-0.05, 0) is 25.1 Å². The zero-order valence-corrected chi connectivity index (χ0v) is 15.2. The first-order valence-electron chi connectivity index (χ1n) is 7.03. The van der Waals surface area contributed by atoms with Crippen molar-refractivity contribution in [1.82, 2.24) is 4.72 Å². The van der Waals surface area contributed by atoms with Gasteiger partial charge in [-0.1, -0.05) is 0 Å². The summed E-state index contributed by atoms with van der Waals surface area (Å²) >= 11 is 0. The van der Waals surface area contributed by atoms with Crippen molar-refractivity contribution in [2.24, 2.45) is 0 Å². The molecular weight excluding hydrogens is 338 g/mol. The highest BCUT2D eigenvalue weighted by molar-refractivity contribution is 7.89. The van der Waals surface area contributed by atoms with Crippen LogP contribution >= 0.6 is 0 Å². The third-order valence-electron chi connectivity index (χ3n) is 3.45. The molecule has 1 aromatic rings. The van der Waals surface area contributed by atoms with E-state index in [0.717, 1.165) is 0 Å². The van der Waals surface area contributed by atoms with E-state index in [9.17, 15) is 13.2 Å². The molecule has 8 nitrogen and oxygen atoms in total. The predicted molar refractivity (Wildman–Crippen MR) is 86.8 cm³/mol. The second-order valence-corrected chi connectivity index (χ2v) is 7.00. The minimum Gasteiger partial charge on any atom is -0.495 e. The zero-order valence-electron chi connectivity index (χ0n) is 14.4. The first-order valence-corrected chi connectivity index (χ1v) is 8.51. The summed E-state index contributed by atoms with van der Waals surface area (Å²) in [7, 11) is 1.57. The highest BCUT2D eigenvalue weighted by atomic mass is 32.2. The number of hydrogen-bond acceptors (Lipinski definition) is 7. The molecule has 0 spiro atoms. The van der Waals surface area contributed by atoms with Crippen LogP contribution in [0.2, 0.25) is 0 Å². The van der Waals surface area contributed by atoms with E-state index in [4.69, 9.17) is 14.2 Å². The van der Waals surface area contributed by atoms with E-state index in [1.165, 1.54) is 46.6 Å². The fraction of sp³-hybridized carbons (Fsp3) is 0.533. The normalized spacial score (nSPS) is 14.0. The molecule has 1 N–H and O–H groups in total. The van der Waals surface area contributed by atoms with Gasteiger partial charge in [-0.3, -0.25) is 0 Å². The standard InChI is InChI=1S/C15H23NO7S/c1-15(23-5,10-20-2)9-16-24(18,19)13-8-11(14(17)22-4)6-7-12(13)21-3/h6-8,16H,9-10H2,1-5H3. The van der Waals surface area contributed by atoms with Gasteiger partial charge < -0.3 is 18.9 Å². The molecule has 0 saturated heterocycles. The summed E-state index contributed by atoms with van der Waals surface area (Å²) in [4.78, 5) is 11.5. The Morgan fingerprint density at radius 3 is 2.38 bits per heavy atom. The number of hydrogen-bond donors (Lipinski definition) is 1. The zero-order chi connectivity index (χ0) is 18.4. The Balaban J connectivity index is 3.15. The lowest BCUT2D eigenvalue weighted by atomic mass is 10.1. The van der Waals surface area contributed by atoms with Gasteiger partial charge in [0.2, 0.25) is 10.0 Å². The van der Waals surface area contributed by atoms with Crippen molar-refractivity contribution >= 4 is 16.0 Å². The van der Waals surface area contributed by atoms with Crippen LogP contribution in [0.4, 0.5) is 0 Å². The largest absolute Gasteiger partial charge is 0.495 e. The van der Waals surface area contributed by atoms with E-state index in [2.05, 4.69) is 9.46 Å². The third-order valence-corrected chi connectivity index (χ3v) is 4.88. The van der Waals surface area contributed by atoms with Crippen LogP contribution in [0.1, 0.15) is 17.3 Å². The van der Waals surface area contributed by atoms with E-state index in [0.29, 0.717) is 0 Å². The molecule has 1 atom stereocenters. The van der Waals surface area contributed by atoms with Crippen molar-refractivity contribution in [2.75, 3.05) is 41.6 Å². The summed E-state index contributed by atoms with van der Waals surface area (Å²) in [6.45, 7) is 1.89. The number of nitrogens with one attached hydrogen (secondary N) is 1. The number of carbonyl (C=O) groups is 1. The Kier molecular flexibility index (Phi) is 7.15. The molecule has 1 unspecified atom stereocenters. The second kappa shape index (κ2) is 8.43. The molecule has 0 aliphatic heterocycles. The highest BCUT2D eigenvalue weighted by Crippen LogP contribution is 2.25. The molecule has 0 aromatic heterocycles. The van der Waals surface area contributed by atoms with Gasteiger partial charge in [-0.2, -0.15) is 0 Å². The summed E-state index contributed by atoms with van der Waals surface area (Å²) in [6, 6.07) is 4.02. The number of carbonyl (C=O) groups excluding carboxylic acids is 1. The first-order chi connectivity index (χ1) is 11.2. The van der Waals surface area contributed by atoms with Gasteiger partial charge in [0.1, 0.15) is 16.2 Å². The maximum atomic E-state index is 12.6. The van der Waals surface area contributed by atoms with Gasteiger partial charge in [0.25, 0.3) is 0 Å². The number of esters is 1. The van der Waals surface area contributed by atoms with Crippen molar-refractivity contribution < 1.29 is 32.2 Å². The maximum absolute atomic E-state index is 12.6. The van der Waals surface area contributed by atoms with Gasteiger partial charge in [0, 0.05) is 20.8 Å². The summed E-state index contributed by atoms with van der Waals surface area (Å²) in [5, 5.41) is 0. The molecule has 0 aliphatic carbocycles. The van der Waals surface area contributed by atoms with E-state index in [1.54, 1.807) is 6.92 Å². The van der Waals surface area contributed by atoms with Gasteiger partial charge in [0.15, 0.2) is 0 Å². The summed E-state index contributed by atoms with van der Waals surface area (Å²) in [6.07, 6.45) is 0. The fourth-order valence-electron chi connectivity index (χ4n) is 1.94. The van der Waals surface area contributed by atoms with E-state index in [1.807, 2.05) is 0 Å². The minimum atomic E-state index is -3.95. The molecular formula is C15H23NO7S. The van der Waals surface area contributed by atoms with Crippen molar-refractivity contribution in [3.63, 3.8) is 0 Å². The van der Waals surface area contributed by atoms with Crippen LogP contribution in [-0.2, 0) is 24.2 Å². The van der Waals surface area contributed by atoms with Crippen LogP contribution in [0.15, 0.2) is 23.1 Å². The lowest BCUT2D eigenvalue weighted by molar-refractivity contribution is -0.0460. The molecule has 0 amide bonds. The molecule has 24 heavy (non-hydrogen) atoms. The Labute approximate surface area is 142 Å². The molecule has 9 heteroatoms. The molecule has 0 bridgehead atoms. The van der Waals surface area contributed by atoms with Crippen molar-refractivity contribution in [3.05, 3.63) is 23.8 Å². The maximum Gasteiger partial charge on any atom is 0.337 e. The number of methoxy groups -OCH3 is 4.